The van der Waals surface area contributed by atoms with Crippen LogP contribution in [0.3, 0.4) is 0 Å². The van der Waals surface area contributed by atoms with Crippen molar-refractivity contribution in [3.8, 4) is 0 Å². The number of ether oxygens (including phenoxy) is 1. The lowest BCUT2D eigenvalue weighted by Gasteiger charge is -2.08. The van der Waals surface area contributed by atoms with Gasteiger partial charge in [0.2, 0.25) is 0 Å². The van der Waals surface area contributed by atoms with Crippen LogP contribution in [0, 0.1) is 5.82 Å². The lowest BCUT2D eigenvalue weighted by Crippen LogP contribution is -2.08. The number of halogens is 1. The quantitative estimate of drug-likeness (QED) is 0.612. The van der Waals surface area contributed by atoms with Crippen LogP contribution < -0.4 is 0 Å². The minimum Gasteiger partial charge on any atom is -0.462 e. The van der Waals surface area contributed by atoms with E-state index in [9.17, 15) is 9.18 Å². The first-order valence-corrected chi connectivity index (χ1v) is 7.17. The molecule has 5 heteroatoms. The zero-order valence-electron chi connectivity index (χ0n) is 9.37. The van der Waals surface area contributed by atoms with E-state index in [0.717, 1.165) is 4.90 Å². The Bertz CT molecular complexity index is 394. The van der Waals surface area contributed by atoms with Crippen molar-refractivity contribution in [3.63, 3.8) is 0 Å². The minimum absolute atomic E-state index is 0.0121. The molecule has 1 aromatic rings. The van der Waals surface area contributed by atoms with Crippen molar-refractivity contribution in [1.29, 1.82) is 0 Å². The summed E-state index contributed by atoms with van der Waals surface area (Å²) in [5, 5.41) is 0. The van der Waals surface area contributed by atoms with Gasteiger partial charge in [0.15, 0.2) is 5.82 Å². The van der Waals surface area contributed by atoms with Crippen LogP contribution in [0.1, 0.15) is 17.3 Å². The van der Waals surface area contributed by atoms with Gasteiger partial charge in [-0.05, 0) is 31.6 Å². The Morgan fingerprint density at radius 1 is 1.38 bits per heavy atom. The molecular formula is C11H13FO2S2. The van der Waals surface area contributed by atoms with Crippen LogP contribution in [0.2, 0.25) is 0 Å². The van der Waals surface area contributed by atoms with Crippen molar-refractivity contribution >= 4 is 29.5 Å². The summed E-state index contributed by atoms with van der Waals surface area (Å²) in [5.41, 5.74) is 0.0121. The van der Waals surface area contributed by atoms with Crippen molar-refractivity contribution < 1.29 is 13.9 Å². The molecule has 0 spiro atoms. The summed E-state index contributed by atoms with van der Waals surface area (Å²) < 4.78 is 18.6. The van der Waals surface area contributed by atoms with Crippen LogP contribution in [0.5, 0.6) is 0 Å². The number of rotatable bonds is 4. The number of benzene rings is 1. The van der Waals surface area contributed by atoms with Gasteiger partial charge in [-0.25, -0.2) is 9.18 Å². The second-order valence-corrected chi connectivity index (χ2v) is 4.64. The van der Waals surface area contributed by atoms with Gasteiger partial charge in [0.1, 0.15) is 0 Å². The fourth-order valence-corrected chi connectivity index (χ4v) is 2.28. The molecule has 0 N–H and O–H groups in total. The van der Waals surface area contributed by atoms with Gasteiger partial charge in [-0.1, -0.05) is 0 Å². The predicted molar refractivity (Wildman–Crippen MR) is 65.9 cm³/mol. The molecule has 0 aliphatic rings. The fraction of sp³-hybridized carbons (Fsp3) is 0.364. The third kappa shape index (κ3) is 2.92. The van der Waals surface area contributed by atoms with E-state index in [4.69, 9.17) is 4.74 Å². The number of carbonyl (C=O) groups excluding carboxylic acids is 1. The van der Waals surface area contributed by atoms with Crippen LogP contribution in [-0.2, 0) is 4.74 Å². The summed E-state index contributed by atoms with van der Waals surface area (Å²) in [4.78, 5) is 12.8. The molecule has 0 aromatic heterocycles. The van der Waals surface area contributed by atoms with E-state index in [-0.39, 0.29) is 12.2 Å². The van der Waals surface area contributed by atoms with E-state index >= 15 is 0 Å². The first kappa shape index (κ1) is 13.4. The van der Waals surface area contributed by atoms with Gasteiger partial charge >= 0.3 is 5.97 Å². The van der Waals surface area contributed by atoms with E-state index in [1.165, 1.54) is 29.6 Å². The van der Waals surface area contributed by atoms with Crippen LogP contribution in [0.15, 0.2) is 21.9 Å². The van der Waals surface area contributed by atoms with Crippen molar-refractivity contribution in [2.75, 3.05) is 19.1 Å². The highest BCUT2D eigenvalue weighted by atomic mass is 32.2. The fourth-order valence-electron chi connectivity index (χ4n) is 1.20. The molecule has 0 heterocycles. The largest absolute Gasteiger partial charge is 0.462 e. The van der Waals surface area contributed by atoms with Crippen LogP contribution in [-0.4, -0.2) is 25.1 Å². The zero-order valence-corrected chi connectivity index (χ0v) is 11.0. The number of esters is 1. The molecule has 0 fully saturated rings. The number of carbonyl (C=O) groups is 1. The Labute approximate surface area is 103 Å². The number of hydrogen-bond donors (Lipinski definition) is 0. The molecular weight excluding hydrogens is 247 g/mol. The van der Waals surface area contributed by atoms with Gasteiger partial charge in [-0.15, -0.1) is 23.5 Å². The van der Waals surface area contributed by atoms with E-state index in [1.807, 2.05) is 6.26 Å². The molecule has 16 heavy (non-hydrogen) atoms. The van der Waals surface area contributed by atoms with Crippen LogP contribution in [0.25, 0.3) is 0 Å². The molecule has 0 amide bonds. The summed E-state index contributed by atoms with van der Waals surface area (Å²) in [6.07, 6.45) is 3.66. The normalized spacial score (nSPS) is 10.2. The maximum absolute atomic E-state index is 13.8. The molecule has 0 saturated carbocycles. The summed E-state index contributed by atoms with van der Waals surface area (Å²) in [7, 11) is 0. The van der Waals surface area contributed by atoms with E-state index in [1.54, 1.807) is 19.2 Å². The van der Waals surface area contributed by atoms with Crippen molar-refractivity contribution in [2.45, 2.75) is 16.7 Å². The van der Waals surface area contributed by atoms with Crippen molar-refractivity contribution in [3.05, 3.63) is 23.5 Å². The summed E-state index contributed by atoms with van der Waals surface area (Å²) in [5.74, 6) is -1.10. The smallest absolute Gasteiger partial charge is 0.341 e. The monoisotopic (exact) mass is 260 g/mol. The second kappa shape index (κ2) is 6.15. The second-order valence-electron chi connectivity index (χ2n) is 2.91. The molecule has 0 atom stereocenters. The number of hydrogen-bond acceptors (Lipinski definition) is 4. The Kier molecular flexibility index (Phi) is 5.15. The molecule has 0 bridgehead atoms. The van der Waals surface area contributed by atoms with Gasteiger partial charge in [0, 0.05) is 9.79 Å². The molecule has 1 rings (SSSR count). The molecule has 0 aliphatic carbocycles. The number of thioether (sulfide) groups is 2. The van der Waals surface area contributed by atoms with E-state index in [2.05, 4.69) is 0 Å². The van der Waals surface area contributed by atoms with Crippen molar-refractivity contribution in [2.24, 2.45) is 0 Å². The van der Waals surface area contributed by atoms with E-state index in [0.29, 0.717) is 4.90 Å². The highest BCUT2D eigenvalue weighted by Crippen LogP contribution is 2.28. The summed E-state index contributed by atoms with van der Waals surface area (Å²) >= 11 is 2.75. The molecule has 0 aliphatic heterocycles. The van der Waals surface area contributed by atoms with Crippen molar-refractivity contribution in [1.82, 2.24) is 0 Å². The average molecular weight is 260 g/mol. The lowest BCUT2D eigenvalue weighted by molar-refractivity contribution is 0.0520. The average Bonchev–Trinajstić information content (AvgIpc) is 2.29. The summed E-state index contributed by atoms with van der Waals surface area (Å²) in [6.45, 7) is 1.94. The molecule has 0 unspecified atom stereocenters. The Hall–Kier alpha value is -0.680. The van der Waals surface area contributed by atoms with Gasteiger partial charge in [0.25, 0.3) is 0 Å². The van der Waals surface area contributed by atoms with Crippen LogP contribution >= 0.6 is 23.5 Å². The first-order valence-electron chi connectivity index (χ1n) is 4.72. The molecule has 0 radical (unpaired) electrons. The Morgan fingerprint density at radius 2 is 2.06 bits per heavy atom. The van der Waals surface area contributed by atoms with E-state index < -0.39 is 11.8 Å². The Morgan fingerprint density at radius 3 is 2.56 bits per heavy atom. The third-order valence-corrected chi connectivity index (χ3v) is 3.41. The zero-order chi connectivity index (χ0) is 12.1. The minimum atomic E-state index is -0.605. The maximum atomic E-state index is 13.8. The highest BCUT2D eigenvalue weighted by molar-refractivity contribution is 7.99. The van der Waals surface area contributed by atoms with Gasteiger partial charge < -0.3 is 4.74 Å². The van der Waals surface area contributed by atoms with Crippen LogP contribution in [0.4, 0.5) is 4.39 Å². The molecule has 88 valence electrons. The lowest BCUT2D eigenvalue weighted by atomic mass is 10.2. The predicted octanol–water partition coefficient (Wildman–Crippen LogP) is 3.45. The first-order chi connectivity index (χ1) is 7.63. The highest BCUT2D eigenvalue weighted by Gasteiger charge is 2.17. The standard InChI is InChI=1S/C11H13FO2S2/c1-4-14-11(13)8-5-7(15-2)6-9(16-3)10(8)12/h5-6H,4H2,1-3H3. The maximum Gasteiger partial charge on any atom is 0.341 e. The molecule has 1 aromatic carbocycles. The molecule has 0 saturated heterocycles. The van der Waals surface area contributed by atoms with Gasteiger partial charge in [-0.2, -0.15) is 0 Å². The Balaban J connectivity index is 3.20. The van der Waals surface area contributed by atoms with Gasteiger partial charge in [-0.3, -0.25) is 0 Å². The van der Waals surface area contributed by atoms with Gasteiger partial charge in [0.05, 0.1) is 12.2 Å². The molecule has 2 nitrogen and oxygen atoms in total. The summed E-state index contributed by atoms with van der Waals surface area (Å²) in [6, 6.07) is 3.26. The third-order valence-electron chi connectivity index (χ3n) is 1.96. The topological polar surface area (TPSA) is 26.3 Å². The SMILES string of the molecule is CCOC(=O)c1cc(SC)cc(SC)c1F.